The number of carbonyl (C=O) groups excluding carboxylic acids is 1. The molecule has 3 N–H and O–H groups in total. The van der Waals surface area contributed by atoms with Gasteiger partial charge in [-0.05, 0) is 36.8 Å². The molecule has 0 aliphatic carbocycles. The van der Waals surface area contributed by atoms with Gasteiger partial charge in [0.2, 0.25) is 0 Å². The summed E-state index contributed by atoms with van der Waals surface area (Å²) in [5.41, 5.74) is -0.0342. The molecule has 0 spiro atoms. The molecule has 1 aliphatic rings. The van der Waals surface area contributed by atoms with Gasteiger partial charge in [-0.25, -0.2) is 23.3 Å². The number of nitrogens with one attached hydrogen (secondary N) is 1. The molecule has 1 aromatic rings. The van der Waals surface area contributed by atoms with Crippen LogP contribution in [0, 0.1) is 5.41 Å². The third-order valence-electron chi connectivity index (χ3n) is 4.00. The molecule has 1 atom stereocenters. The Balaban J connectivity index is 2.03. The Morgan fingerprint density at radius 3 is 2.58 bits per heavy atom. The third kappa shape index (κ3) is 6.45. The van der Waals surface area contributed by atoms with E-state index in [2.05, 4.69) is 31.1 Å². The summed E-state index contributed by atoms with van der Waals surface area (Å²) in [7, 11) is -3.87. The largest absolute Gasteiger partial charge is 0.444 e. The number of ether oxygens (including phenoxy) is 1. The fourth-order valence-corrected chi connectivity index (χ4v) is 3.34. The van der Waals surface area contributed by atoms with Gasteiger partial charge in [-0.2, -0.15) is 0 Å². The highest BCUT2D eigenvalue weighted by Crippen LogP contribution is 2.24. The zero-order valence-electron chi connectivity index (χ0n) is 15.6. The molecule has 2 heterocycles. The zero-order chi connectivity index (χ0) is 19.4. The lowest BCUT2D eigenvalue weighted by Gasteiger charge is -2.28. The molecule has 2 rings (SSSR count). The lowest BCUT2D eigenvalue weighted by atomic mass is 9.89. The van der Waals surface area contributed by atoms with E-state index in [0.29, 0.717) is 18.8 Å². The number of rotatable bonds is 6. The van der Waals surface area contributed by atoms with Gasteiger partial charge in [-0.3, -0.25) is 0 Å². The molecule has 1 aromatic heterocycles. The SMILES string of the molecule is CC(C)(C)CC(CNc1cccc(S(N)(=O)=O)n1)OC(=O)N1CCCC1. The summed E-state index contributed by atoms with van der Waals surface area (Å²) in [6.45, 7) is 8.01. The predicted octanol–water partition coefficient (Wildman–Crippen LogP) is 2.18. The Morgan fingerprint density at radius 2 is 2.00 bits per heavy atom. The number of hydrogen-bond acceptors (Lipinski definition) is 6. The molecule has 146 valence electrons. The van der Waals surface area contributed by atoms with E-state index in [4.69, 9.17) is 9.88 Å². The van der Waals surface area contributed by atoms with Gasteiger partial charge in [0.1, 0.15) is 11.9 Å². The van der Waals surface area contributed by atoms with Crippen LogP contribution >= 0.6 is 0 Å². The number of primary sulfonamides is 1. The standard InChI is InChI=1S/C17H28N4O4S/c1-17(2,3)11-13(25-16(22)21-9-4-5-10-21)12-19-14-7-6-8-15(20-14)26(18,23)24/h6-8,13H,4-5,9-12H2,1-3H3,(H,19,20)(H2,18,23,24). The summed E-state index contributed by atoms with van der Waals surface area (Å²) in [4.78, 5) is 18.0. The molecule has 0 saturated carbocycles. The fourth-order valence-electron chi connectivity index (χ4n) is 2.85. The van der Waals surface area contributed by atoms with E-state index in [0.717, 1.165) is 25.9 Å². The zero-order valence-corrected chi connectivity index (χ0v) is 16.4. The van der Waals surface area contributed by atoms with Crippen molar-refractivity contribution in [2.75, 3.05) is 25.0 Å². The van der Waals surface area contributed by atoms with Crippen molar-refractivity contribution in [3.8, 4) is 0 Å². The Kier molecular flexibility index (Phi) is 6.46. The van der Waals surface area contributed by atoms with Crippen molar-refractivity contribution in [1.82, 2.24) is 9.88 Å². The maximum atomic E-state index is 12.3. The van der Waals surface area contributed by atoms with Gasteiger partial charge in [0.25, 0.3) is 10.0 Å². The van der Waals surface area contributed by atoms with Gasteiger partial charge in [0.15, 0.2) is 5.03 Å². The van der Waals surface area contributed by atoms with Crippen molar-refractivity contribution in [2.45, 2.75) is 51.2 Å². The van der Waals surface area contributed by atoms with E-state index in [1.54, 1.807) is 17.0 Å². The van der Waals surface area contributed by atoms with E-state index < -0.39 is 10.0 Å². The summed E-state index contributed by atoms with van der Waals surface area (Å²) in [5.74, 6) is 0.368. The lowest BCUT2D eigenvalue weighted by Crippen LogP contribution is -2.36. The first-order valence-corrected chi connectivity index (χ1v) is 10.3. The number of anilines is 1. The van der Waals surface area contributed by atoms with Gasteiger partial charge in [0.05, 0.1) is 6.54 Å². The van der Waals surface area contributed by atoms with E-state index >= 15 is 0 Å². The Labute approximate surface area is 155 Å². The van der Waals surface area contributed by atoms with Crippen molar-refractivity contribution in [1.29, 1.82) is 0 Å². The second-order valence-corrected chi connectivity index (χ2v) is 9.26. The van der Waals surface area contributed by atoms with Crippen LogP contribution in [0.4, 0.5) is 10.6 Å². The van der Waals surface area contributed by atoms with Crippen LogP contribution in [0.1, 0.15) is 40.0 Å². The van der Waals surface area contributed by atoms with Gasteiger partial charge < -0.3 is 15.0 Å². The maximum absolute atomic E-state index is 12.3. The van der Waals surface area contributed by atoms with Crippen LogP contribution in [0.15, 0.2) is 23.2 Å². The highest BCUT2D eigenvalue weighted by atomic mass is 32.2. The smallest absolute Gasteiger partial charge is 0.410 e. The highest BCUT2D eigenvalue weighted by molar-refractivity contribution is 7.89. The fraction of sp³-hybridized carbons (Fsp3) is 0.647. The maximum Gasteiger partial charge on any atom is 0.410 e. The summed E-state index contributed by atoms with van der Waals surface area (Å²) >= 11 is 0. The average Bonchev–Trinajstić information content (AvgIpc) is 3.05. The molecule has 1 amide bonds. The third-order valence-corrected chi connectivity index (χ3v) is 4.81. The molecule has 26 heavy (non-hydrogen) atoms. The molecule has 0 aromatic carbocycles. The number of aromatic nitrogens is 1. The molecular formula is C17H28N4O4S. The van der Waals surface area contributed by atoms with E-state index in [1.165, 1.54) is 6.07 Å². The summed E-state index contributed by atoms with van der Waals surface area (Å²) in [5, 5.41) is 7.95. The Bertz CT molecular complexity index is 725. The minimum atomic E-state index is -3.87. The van der Waals surface area contributed by atoms with Gasteiger partial charge in [-0.15, -0.1) is 0 Å². The molecule has 1 unspecified atom stereocenters. The molecule has 1 saturated heterocycles. The first-order valence-electron chi connectivity index (χ1n) is 8.74. The van der Waals surface area contributed by atoms with Gasteiger partial charge >= 0.3 is 6.09 Å². The Morgan fingerprint density at radius 1 is 1.35 bits per heavy atom. The van der Waals surface area contributed by atoms with E-state index in [9.17, 15) is 13.2 Å². The van der Waals surface area contributed by atoms with Gasteiger partial charge in [0, 0.05) is 13.1 Å². The molecule has 1 aliphatic heterocycles. The topological polar surface area (TPSA) is 115 Å². The number of likely N-dealkylation sites (tertiary alicyclic amines) is 1. The minimum absolute atomic E-state index is 0.0342. The van der Waals surface area contributed by atoms with Crippen LogP contribution in [-0.2, 0) is 14.8 Å². The Hall–Kier alpha value is -1.87. The van der Waals surface area contributed by atoms with Crippen LogP contribution in [0.5, 0.6) is 0 Å². The molecule has 0 bridgehead atoms. The van der Waals surface area contributed by atoms with Crippen LogP contribution in [0.25, 0.3) is 0 Å². The quantitative estimate of drug-likeness (QED) is 0.777. The van der Waals surface area contributed by atoms with Crippen molar-refractivity contribution < 1.29 is 17.9 Å². The summed E-state index contributed by atoms with van der Waals surface area (Å²) in [6.07, 6.45) is 2.00. The highest BCUT2D eigenvalue weighted by Gasteiger charge is 2.26. The summed E-state index contributed by atoms with van der Waals surface area (Å²) < 4.78 is 28.5. The number of hydrogen-bond donors (Lipinski definition) is 2. The molecular weight excluding hydrogens is 356 g/mol. The van der Waals surface area contributed by atoms with Crippen LogP contribution < -0.4 is 10.5 Å². The minimum Gasteiger partial charge on any atom is -0.444 e. The summed E-state index contributed by atoms with van der Waals surface area (Å²) in [6, 6.07) is 4.54. The van der Waals surface area contributed by atoms with Crippen LogP contribution in [0.3, 0.4) is 0 Å². The number of amides is 1. The van der Waals surface area contributed by atoms with Crippen LogP contribution in [0.2, 0.25) is 0 Å². The number of pyridine rings is 1. The van der Waals surface area contributed by atoms with Gasteiger partial charge in [-0.1, -0.05) is 26.8 Å². The first-order chi connectivity index (χ1) is 12.0. The number of nitrogens with zero attached hydrogens (tertiary/aromatic N) is 2. The second-order valence-electron chi connectivity index (χ2n) is 7.75. The molecule has 0 radical (unpaired) electrons. The number of nitrogens with two attached hydrogens (primary N) is 1. The second kappa shape index (κ2) is 8.22. The first kappa shape index (κ1) is 20.4. The number of carbonyl (C=O) groups is 1. The average molecular weight is 385 g/mol. The van der Waals surface area contributed by atoms with Crippen molar-refractivity contribution >= 4 is 21.9 Å². The van der Waals surface area contributed by atoms with Crippen molar-refractivity contribution in [2.24, 2.45) is 10.6 Å². The van der Waals surface area contributed by atoms with E-state index in [-0.39, 0.29) is 22.6 Å². The monoisotopic (exact) mass is 384 g/mol. The molecule has 9 heteroatoms. The van der Waals surface area contributed by atoms with Crippen molar-refractivity contribution in [3.63, 3.8) is 0 Å². The van der Waals surface area contributed by atoms with E-state index in [1.807, 2.05) is 0 Å². The molecule has 8 nitrogen and oxygen atoms in total. The lowest BCUT2D eigenvalue weighted by molar-refractivity contribution is 0.0546. The number of sulfonamides is 1. The van der Waals surface area contributed by atoms with Crippen LogP contribution in [-0.4, -0.2) is 50.1 Å². The molecule has 1 fully saturated rings. The van der Waals surface area contributed by atoms with Crippen molar-refractivity contribution in [3.05, 3.63) is 18.2 Å². The predicted molar refractivity (Wildman–Crippen MR) is 99.2 cm³/mol. The normalized spacial score (nSPS) is 16.4.